The van der Waals surface area contributed by atoms with Crippen LogP contribution >= 0.6 is 0 Å². The Morgan fingerprint density at radius 3 is 2.33 bits per heavy atom. The van der Waals surface area contributed by atoms with Crippen LogP contribution in [-0.4, -0.2) is 60.2 Å². The number of Topliss-reactive ketones (excluding diaryl/α,β-unsaturated/α-hetero) is 1. The zero-order chi connectivity index (χ0) is 23.8. The van der Waals surface area contributed by atoms with E-state index in [1.807, 2.05) is 24.8 Å². The number of carbonyl (C=O) groups excluding carboxylic acids is 3. The van der Waals surface area contributed by atoms with Crippen molar-refractivity contribution in [2.75, 3.05) is 32.8 Å². The number of hydrogen-bond acceptors (Lipinski definition) is 5. The number of amides is 1. The van der Waals surface area contributed by atoms with Gasteiger partial charge in [-0.2, -0.15) is 0 Å². The number of rotatable bonds is 4. The van der Waals surface area contributed by atoms with Crippen LogP contribution in [0.5, 0.6) is 0 Å². The molecule has 1 amide bonds. The standard InChI is InChI=1S/C25H30N2O4.C2H6/c1-16-18(3-4-20-19(16)5-6-22(20)28)7-11-26-12-8-25(9-13-26)10-14-27(24(25)30)21-15-31-23(29)17(21)2;1-2/h3-4H,5-15H2,1-2H3;1-2H3. The monoisotopic (exact) mass is 452 g/mol. The average molecular weight is 453 g/mol. The molecule has 178 valence electrons. The first-order valence-electron chi connectivity index (χ1n) is 12.5. The van der Waals surface area contributed by atoms with Crippen molar-refractivity contribution in [2.45, 2.75) is 66.2 Å². The van der Waals surface area contributed by atoms with Gasteiger partial charge >= 0.3 is 5.97 Å². The third-order valence-electron chi connectivity index (χ3n) is 8.04. The summed E-state index contributed by atoms with van der Waals surface area (Å²) in [6.07, 6.45) is 5.12. The Morgan fingerprint density at radius 2 is 1.67 bits per heavy atom. The summed E-state index contributed by atoms with van der Waals surface area (Å²) in [5.74, 6) is 0.157. The Balaban J connectivity index is 0.00000126. The summed E-state index contributed by atoms with van der Waals surface area (Å²) in [4.78, 5) is 41.2. The summed E-state index contributed by atoms with van der Waals surface area (Å²) in [6, 6.07) is 4.14. The fraction of sp³-hybridized carbons (Fsp3) is 0.593. The maximum Gasteiger partial charge on any atom is 0.336 e. The fourth-order valence-corrected chi connectivity index (χ4v) is 5.81. The quantitative estimate of drug-likeness (QED) is 0.650. The van der Waals surface area contributed by atoms with E-state index in [-0.39, 0.29) is 29.7 Å². The molecule has 1 aromatic carbocycles. The zero-order valence-electron chi connectivity index (χ0n) is 20.5. The predicted octanol–water partition coefficient (Wildman–Crippen LogP) is 3.84. The number of piperidine rings is 1. The molecule has 0 radical (unpaired) electrons. The molecule has 0 aromatic heterocycles. The van der Waals surface area contributed by atoms with Crippen molar-refractivity contribution in [1.29, 1.82) is 0 Å². The molecular formula is C27H36N2O4. The molecule has 0 unspecified atom stereocenters. The summed E-state index contributed by atoms with van der Waals surface area (Å²) < 4.78 is 5.11. The Kier molecular flexibility index (Phi) is 6.76. The van der Waals surface area contributed by atoms with Crippen LogP contribution in [0.2, 0.25) is 0 Å². The minimum absolute atomic E-state index is 0.180. The van der Waals surface area contributed by atoms with Crippen LogP contribution in [-0.2, 0) is 27.2 Å². The molecule has 2 fully saturated rings. The van der Waals surface area contributed by atoms with Crippen molar-refractivity contribution in [2.24, 2.45) is 5.41 Å². The first-order valence-corrected chi connectivity index (χ1v) is 12.5. The first-order chi connectivity index (χ1) is 15.9. The Morgan fingerprint density at radius 1 is 0.970 bits per heavy atom. The molecular weight excluding hydrogens is 416 g/mol. The molecule has 4 aliphatic rings. The lowest BCUT2D eigenvalue weighted by atomic mass is 9.77. The van der Waals surface area contributed by atoms with Crippen molar-refractivity contribution in [1.82, 2.24) is 9.80 Å². The summed E-state index contributed by atoms with van der Waals surface area (Å²) in [5, 5.41) is 0. The maximum absolute atomic E-state index is 13.3. The highest BCUT2D eigenvalue weighted by Crippen LogP contribution is 2.43. The van der Waals surface area contributed by atoms with E-state index in [2.05, 4.69) is 17.9 Å². The molecule has 6 nitrogen and oxygen atoms in total. The number of hydrogen-bond donors (Lipinski definition) is 0. The van der Waals surface area contributed by atoms with E-state index in [1.54, 1.807) is 6.92 Å². The number of benzene rings is 1. The highest BCUT2D eigenvalue weighted by molar-refractivity contribution is 6.00. The number of ether oxygens (including phenoxy) is 1. The second kappa shape index (κ2) is 9.41. The SMILES string of the molecule is CC.CC1=C(N2CCC3(CCN(CCc4ccc5c(c4C)CCC5=O)CC3)C2=O)COC1=O. The molecule has 3 heterocycles. The summed E-state index contributed by atoms with van der Waals surface area (Å²) >= 11 is 0. The van der Waals surface area contributed by atoms with Gasteiger partial charge in [-0.1, -0.05) is 26.0 Å². The lowest BCUT2D eigenvalue weighted by molar-refractivity contribution is -0.138. The smallest absolute Gasteiger partial charge is 0.336 e. The van der Waals surface area contributed by atoms with E-state index in [9.17, 15) is 14.4 Å². The van der Waals surface area contributed by atoms with Gasteiger partial charge in [0.2, 0.25) is 5.91 Å². The molecule has 5 rings (SSSR count). The Labute approximate surface area is 197 Å². The molecule has 3 aliphatic heterocycles. The van der Waals surface area contributed by atoms with Crippen LogP contribution in [0.3, 0.4) is 0 Å². The van der Waals surface area contributed by atoms with Crippen LogP contribution in [0.15, 0.2) is 23.4 Å². The normalized spacial score (nSPS) is 22.1. The van der Waals surface area contributed by atoms with E-state index in [1.165, 1.54) is 16.7 Å². The number of carbonyl (C=O) groups is 3. The maximum atomic E-state index is 13.3. The average Bonchev–Trinajstić information content (AvgIpc) is 3.47. The number of ketones is 1. The summed E-state index contributed by atoms with van der Waals surface area (Å²) in [7, 11) is 0. The molecule has 2 saturated heterocycles. The third kappa shape index (κ3) is 4.14. The van der Waals surface area contributed by atoms with Crippen molar-refractivity contribution < 1.29 is 19.1 Å². The fourth-order valence-electron chi connectivity index (χ4n) is 5.81. The summed E-state index contributed by atoms with van der Waals surface area (Å²) in [6.45, 7) is 11.7. The second-order valence-electron chi connectivity index (χ2n) is 9.53. The van der Waals surface area contributed by atoms with E-state index < -0.39 is 0 Å². The molecule has 6 heteroatoms. The molecule has 0 atom stereocenters. The van der Waals surface area contributed by atoms with Crippen LogP contribution in [0.4, 0.5) is 0 Å². The third-order valence-corrected chi connectivity index (χ3v) is 8.04. The van der Waals surface area contributed by atoms with Crippen LogP contribution in [0.25, 0.3) is 0 Å². The van der Waals surface area contributed by atoms with Gasteiger partial charge < -0.3 is 14.5 Å². The largest absolute Gasteiger partial charge is 0.456 e. The Bertz CT molecular complexity index is 1000. The highest BCUT2D eigenvalue weighted by atomic mass is 16.5. The van der Waals surface area contributed by atoms with Gasteiger partial charge in [-0.05, 0) is 75.7 Å². The number of likely N-dealkylation sites (tertiary alicyclic amines) is 2. The lowest BCUT2D eigenvalue weighted by Gasteiger charge is -2.38. The van der Waals surface area contributed by atoms with Gasteiger partial charge in [-0.25, -0.2) is 4.79 Å². The van der Waals surface area contributed by atoms with Gasteiger partial charge in [-0.3, -0.25) is 9.59 Å². The Hall–Kier alpha value is -2.47. The molecule has 1 aliphatic carbocycles. The van der Waals surface area contributed by atoms with Crippen LogP contribution in [0, 0.1) is 12.3 Å². The highest BCUT2D eigenvalue weighted by Gasteiger charge is 2.49. The van der Waals surface area contributed by atoms with E-state index in [4.69, 9.17) is 4.74 Å². The number of fused-ring (bicyclic) bond motifs is 1. The topological polar surface area (TPSA) is 66.9 Å². The first kappa shape index (κ1) is 23.7. The van der Waals surface area contributed by atoms with Crippen molar-refractivity contribution in [3.63, 3.8) is 0 Å². The number of cyclic esters (lactones) is 1. The second-order valence-corrected chi connectivity index (χ2v) is 9.53. The molecule has 1 aromatic rings. The number of esters is 1. The van der Waals surface area contributed by atoms with Gasteiger partial charge in [0.05, 0.1) is 16.7 Å². The predicted molar refractivity (Wildman–Crippen MR) is 127 cm³/mol. The minimum atomic E-state index is -0.301. The molecule has 33 heavy (non-hydrogen) atoms. The van der Waals surface area contributed by atoms with Crippen LogP contribution < -0.4 is 0 Å². The van der Waals surface area contributed by atoms with E-state index in [0.29, 0.717) is 18.5 Å². The molecule has 0 bridgehead atoms. The molecule has 0 saturated carbocycles. The van der Waals surface area contributed by atoms with Gasteiger partial charge in [0.1, 0.15) is 6.61 Å². The molecule has 1 spiro atoms. The van der Waals surface area contributed by atoms with Crippen molar-refractivity contribution >= 4 is 17.7 Å². The lowest BCUT2D eigenvalue weighted by Crippen LogP contribution is -2.45. The van der Waals surface area contributed by atoms with Gasteiger partial charge in [0.25, 0.3) is 0 Å². The molecule has 0 N–H and O–H groups in total. The zero-order valence-corrected chi connectivity index (χ0v) is 20.5. The van der Waals surface area contributed by atoms with Gasteiger partial charge in [0.15, 0.2) is 5.78 Å². The number of nitrogens with zero attached hydrogens (tertiary/aromatic N) is 2. The van der Waals surface area contributed by atoms with E-state index in [0.717, 1.165) is 63.0 Å². The van der Waals surface area contributed by atoms with Crippen molar-refractivity contribution in [3.8, 4) is 0 Å². The van der Waals surface area contributed by atoms with Gasteiger partial charge in [0, 0.05) is 25.1 Å². The minimum Gasteiger partial charge on any atom is -0.456 e. The van der Waals surface area contributed by atoms with E-state index >= 15 is 0 Å². The van der Waals surface area contributed by atoms with Crippen molar-refractivity contribution in [3.05, 3.63) is 45.7 Å². The van der Waals surface area contributed by atoms with Crippen LogP contribution in [0.1, 0.15) is 73.5 Å². The summed E-state index contributed by atoms with van der Waals surface area (Å²) in [5.41, 5.74) is 5.86. The van der Waals surface area contributed by atoms with Gasteiger partial charge in [-0.15, -0.1) is 0 Å².